The summed E-state index contributed by atoms with van der Waals surface area (Å²) < 4.78 is 5.11. The number of carbonyl (C=O) groups is 2. The Morgan fingerprint density at radius 2 is 1.79 bits per heavy atom. The van der Waals surface area contributed by atoms with Crippen molar-refractivity contribution in [1.29, 1.82) is 0 Å². The summed E-state index contributed by atoms with van der Waals surface area (Å²) in [6.45, 7) is 1.52. The Morgan fingerprint density at radius 1 is 1.12 bits per heavy atom. The van der Waals surface area contributed by atoms with Crippen molar-refractivity contribution < 1.29 is 24.5 Å². The van der Waals surface area contributed by atoms with Crippen molar-refractivity contribution in [2.24, 2.45) is 0 Å². The topological polar surface area (TPSA) is 95.9 Å². The Hall–Kier alpha value is -2.44. The molecule has 8 heteroatoms. The number of carbonyl (C=O) groups excluding carboxylic acids is 1. The second kappa shape index (κ2) is 6.98. The summed E-state index contributed by atoms with van der Waals surface area (Å²) in [7, 11) is 1.36. The zero-order valence-corrected chi connectivity index (χ0v) is 14.2. The molecule has 2 aromatic carbocycles. The van der Waals surface area contributed by atoms with Gasteiger partial charge in [-0.05, 0) is 36.8 Å². The number of carboxylic acids is 1. The number of amides is 1. The minimum Gasteiger partial charge on any atom is -0.507 e. The van der Waals surface area contributed by atoms with Crippen molar-refractivity contribution in [2.75, 3.05) is 12.4 Å². The second-order valence-electron chi connectivity index (χ2n) is 4.92. The predicted molar refractivity (Wildman–Crippen MR) is 90.8 cm³/mol. The minimum atomic E-state index is -1.31. The third kappa shape index (κ3) is 3.55. The van der Waals surface area contributed by atoms with E-state index in [1.165, 1.54) is 32.2 Å². The highest BCUT2D eigenvalue weighted by atomic mass is 35.5. The van der Waals surface area contributed by atoms with Crippen molar-refractivity contribution >= 4 is 40.8 Å². The lowest BCUT2D eigenvalue weighted by Gasteiger charge is -2.13. The molecule has 0 atom stereocenters. The standard InChI is InChI=1S/C16H13Cl2NO5/c1-7-3-9(6-10(13(7)20)16(22)23)19-15(21)11-4-8(17)5-12(18)14(11)24-2/h3-6,20H,1-2H3,(H,19,21)(H,22,23). The highest BCUT2D eigenvalue weighted by molar-refractivity contribution is 6.36. The Kier molecular flexibility index (Phi) is 5.21. The molecule has 1 amide bonds. The van der Waals surface area contributed by atoms with Crippen LogP contribution in [0.4, 0.5) is 5.69 Å². The van der Waals surface area contributed by atoms with E-state index in [2.05, 4.69) is 5.32 Å². The van der Waals surface area contributed by atoms with Gasteiger partial charge < -0.3 is 20.3 Å². The van der Waals surface area contributed by atoms with Crippen LogP contribution in [0.2, 0.25) is 10.0 Å². The summed E-state index contributed by atoms with van der Waals surface area (Å²) in [5, 5.41) is 21.8. The Bertz CT molecular complexity index is 836. The van der Waals surface area contributed by atoms with Gasteiger partial charge in [0.2, 0.25) is 0 Å². The van der Waals surface area contributed by atoms with E-state index in [1.54, 1.807) is 0 Å². The molecule has 3 N–H and O–H groups in total. The van der Waals surface area contributed by atoms with E-state index in [1.807, 2.05) is 0 Å². The quantitative estimate of drug-likeness (QED) is 0.708. The first kappa shape index (κ1) is 17.9. The number of carboxylic acid groups (broad SMARTS) is 1. The van der Waals surface area contributed by atoms with E-state index in [0.717, 1.165) is 6.07 Å². The summed E-state index contributed by atoms with van der Waals surface area (Å²) in [5.74, 6) is -2.11. The fourth-order valence-electron chi connectivity index (χ4n) is 2.15. The predicted octanol–water partition coefficient (Wildman–Crippen LogP) is 3.97. The fraction of sp³-hybridized carbons (Fsp3) is 0.125. The molecule has 24 heavy (non-hydrogen) atoms. The minimum absolute atomic E-state index is 0.0950. The van der Waals surface area contributed by atoms with E-state index < -0.39 is 11.9 Å². The first-order valence-electron chi connectivity index (χ1n) is 6.66. The summed E-state index contributed by atoms with van der Waals surface area (Å²) in [4.78, 5) is 23.6. The number of ether oxygens (including phenoxy) is 1. The highest BCUT2D eigenvalue weighted by Gasteiger charge is 2.19. The summed E-state index contributed by atoms with van der Waals surface area (Å²) in [5.41, 5.74) is 0.283. The van der Waals surface area contributed by atoms with Crippen molar-refractivity contribution in [3.8, 4) is 11.5 Å². The average Bonchev–Trinajstić information content (AvgIpc) is 2.49. The molecule has 126 valence electrons. The normalized spacial score (nSPS) is 10.3. The number of aryl methyl sites for hydroxylation is 1. The Morgan fingerprint density at radius 3 is 2.38 bits per heavy atom. The van der Waals surface area contributed by atoms with Crippen LogP contribution in [0.1, 0.15) is 26.3 Å². The Labute approximate surface area is 147 Å². The number of rotatable bonds is 4. The third-order valence-electron chi connectivity index (χ3n) is 3.25. The van der Waals surface area contributed by atoms with Crippen molar-refractivity contribution in [3.05, 3.63) is 51.0 Å². The van der Waals surface area contributed by atoms with Crippen molar-refractivity contribution in [3.63, 3.8) is 0 Å². The first-order valence-corrected chi connectivity index (χ1v) is 7.41. The number of methoxy groups -OCH3 is 1. The maximum absolute atomic E-state index is 12.5. The van der Waals surface area contributed by atoms with Gasteiger partial charge >= 0.3 is 5.97 Å². The van der Waals surface area contributed by atoms with Crippen LogP contribution in [0.25, 0.3) is 0 Å². The fourth-order valence-corrected chi connectivity index (χ4v) is 2.72. The zero-order valence-electron chi connectivity index (χ0n) is 12.7. The summed E-state index contributed by atoms with van der Waals surface area (Å²) in [6, 6.07) is 5.42. The molecule has 0 aliphatic rings. The molecule has 2 rings (SSSR count). The number of hydrogen-bond acceptors (Lipinski definition) is 4. The third-order valence-corrected chi connectivity index (χ3v) is 3.74. The molecule has 0 fully saturated rings. The van der Waals surface area contributed by atoms with Gasteiger partial charge in [0.1, 0.15) is 17.1 Å². The van der Waals surface area contributed by atoms with Crippen LogP contribution in [0.15, 0.2) is 24.3 Å². The van der Waals surface area contributed by atoms with Crippen LogP contribution >= 0.6 is 23.2 Å². The number of aromatic carboxylic acids is 1. The van der Waals surface area contributed by atoms with E-state index in [0.29, 0.717) is 5.56 Å². The number of anilines is 1. The average molecular weight is 370 g/mol. The van der Waals surface area contributed by atoms with Crippen LogP contribution in [0.5, 0.6) is 11.5 Å². The molecule has 2 aromatic rings. The number of hydrogen-bond donors (Lipinski definition) is 3. The maximum Gasteiger partial charge on any atom is 0.339 e. The van der Waals surface area contributed by atoms with Gasteiger partial charge in [-0.15, -0.1) is 0 Å². The van der Waals surface area contributed by atoms with Gasteiger partial charge in [0.05, 0.1) is 17.7 Å². The summed E-state index contributed by atoms with van der Waals surface area (Å²) >= 11 is 11.9. The van der Waals surface area contributed by atoms with Crippen molar-refractivity contribution in [2.45, 2.75) is 6.92 Å². The largest absolute Gasteiger partial charge is 0.507 e. The maximum atomic E-state index is 12.5. The van der Waals surface area contributed by atoms with E-state index >= 15 is 0 Å². The van der Waals surface area contributed by atoms with Gasteiger partial charge in [-0.25, -0.2) is 4.79 Å². The number of benzene rings is 2. The van der Waals surface area contributed by atoms with Crippen LogP contribution in [0.3, 0.4) is 0 Å². The van der Waals surface area contributed by atoms with Gasteiger partial charge in [0.15, 0.2) is 0 Å². The van der Waals surface area contributed by atoms with Gasteiger partial charge in [0, 0.05) is 10.7 Å². The molecule has 0 heterocycles. The van der Waals surface area contributed by atoms with Crippen LogP contribution in [-0.4, -0.2) is 29.2 Å². The molecule has 0 unspecified atom stereocenters. The molecule has 0 saturated heterocycles. The first-order chi connectivity index (χ1) is 11.2. The molecule has 0 aliphatic carbocycles. The SMILES string of the molecule is COc1c(Cl)cc(Cl)cc1C(=O)Nc1cc(C)c(O)c(C(=O)O)c1. The number of halogens is 2. The Balaban J connectivity index is 2.43. The molecule has 0 spiro atoms. The van der Waals surface area contributed by atoms with Gasteiger partial charge in [-0.1, -0.05) is 23.2 Å². The number of nitrogens with one attached hydrogen (secondary N) is 1. The van der Waals surface area contributed by atoms with Crippen LogP contribution in [0, 0.1) is 6.92 Å². The van der Waals surface area contributed by atoms with Crippen molar-refractivity contribution in [1.82, 2.24) is 0 Å². The van der Waals surface area contributed by atoms with Gasteiger partial charge in [0.25, 0.3) is 5.91 Å². The smallest absolute Gasteiger partial charge is 0.339 e. The lowest BCUT2D eigenvalue weighted by Crippen LogP contribution is -2.14. The lowest BCUT2D eigenvalue weighted by molar-refractivity contribution is 0.0693. The molecule has 0 bridgehead atoms. The van der Waals surface area contributed by atoms with E-state index in [-0.39, 0.29) is 38.4 Å². The second-order valence-corrected chi connectivity index (χ2v) is 5.76. The van der Waals surface area contributed by atoms with E-state index in [9.17, 15) is 14.7 Å². The molecule has 0 radical (unpaired) electrons. The van der Waals surface area contributed by atoms with Gasteiger partial charge in [-0.2, -0.15) is 0 Å². The molecule has 0 saturated carbocycles. The molecular formula is C16H13Cl2NO5. The number of aromatic hydroxyl groups is 1. The molecule has 0 aromatic heterocycles. The number of phenols is 1. The lowest BCUT2D eigenvalue weighted by atomic mass is 10.1. The monoisotopic (exact) mass is 369 g/mol. The molecule has 6 nitrogen and oxygen atoms in total. The highest BCUT2D eigenvalue weighted by Crippen LogP contribution is 2.33. The zero-order chi connectivity index (χ0) is 18.0. The molecular weight excluding hydrogens is 357 g/mol. The van der Waals surface area contributed by atoms with Crippen LogP contribution < -0.4 is 10.1 Å². The van der Waals surface area contributed by atoms with E-state index in [4.69, 9.17) is 33.0 Å². The molecule has 0 aliphatic heterocycles. The van der Waals surface area contributed by atoms with Gasteiger partial charge in [-0.3, -0.25) is 4.79 Å². The van der Waals surface area contributed by atoms with Crippen LogP contribution in [-0.2, 0) is 0 Å². The summed E-state index contributed by atoms with van der Waals surface area (Å²) in [6.07, 6.45) is 0.